The van der Waals surface area contributed by atoms with Crippen molar-refractivity contribution in [3.05, 3.63) is 57.9 Å². The zero-order chi connectivity index (χ0) is 18.6. The standard InChI is InChI=1S/C18H19NO6/c1-10-14(17(21)24-4)11(2)19-15(10)18(22)25-9-12-6-5-7-13(8-12)16(20)23-3/h5-8,19H,9H2,1-4H3. The van der Waals surface area contributed by atoms with E-state index in [0.717, 1.165) is 0 Å². The first kappa shape index (κ1) is 18.3. The number of carbonyl (C=O) groups is 3. The van der Waals surface area contributed by atoms with Gasteiger partial charge in [-0.15, -0.1) is 0 Å². The number of H-pyrrole nitrogens is 1. The Labute approximate surface area is 144 Å². The molecule has 2 rings (SSSR count). The number of rotatable bonds is 5. The van der Waals surface area contributed by atoms with Gasteiger partial charge in [0.2, 0.25) is 0 Å². The summed E-state index contributed by atoms with van der Waals surface area (Å²) in [5.41, 5.74) is 2.53. The van der Waals surface area contributed by atoms with E-state index in [9.17, 15) is 14.4 Å². The van der Waals surface area contributed by atoms with Crippen molar-refractivity contribution >= 4 is 17.9 Å². The highest BCUT2D eigenvalue weighted by atomic mass is 16.5. The average molecular weight is 345 g/mol. The Kier molecular flexibility index (Phi) is 5.59. The van der Waals surface area contributed by atoms with Crippen LogP contribution >= 0.6 is 0 Å². The summed E-state index contributed by atoms with van der Waals surface area (Å²) in [4.78, 5) is 38.4. The van der Waals surface area contributed by atoms with Crippen LogP contribution in [0.4, 0.5) is 0 Å². The zero-order valence-electron chi connectivity index (χ0n) is 14.5. The highest BCUT2D eigenvalue weighted by Crippen LogP contribution is 2.20. The highest BCUT2D eigenvalue weighted by Gasteiger charge is 2.23. The molecule has 25 heavy (non-hydrogen) atoms. The van der Waals surface area contributed by atoms with Gasteiger partial charge in [0.1, 0.15) is 12.3 Å². The van der Waals surface area contributed by atoms with Crippen LogP contribution in [0.25, 0.3) is 0 Å². The largest absolute Gasteiger partial charge is 0.465 e. The molecule has 1 heterocycles. The molecule has 0 aliphatic heterocycles. The Bertz CT molecular complexity index is 821. The molecule has 0 saturated heterocycles. The van der Waals surface area contributed by atoms with Crippen LogP contribution in [0.1, 0.15) is 48.0 Å². The molecule has 0 radical (unpaired) electrons. The number of carbonyl (C=O) groups excluding carboxylic acids is 3. The number of benzene rings is 1. The lowest BCUT2D eigenvalue weighted by Crippen LogP contribution is -2.09. The van der Waals surface area contributed by atoms with Crippen LogP contribution in [0, 0.1) is 13.8 Å². The summed E-state index contributed by atoms with van der Waals surface area (Å²) in [7, 11) is 2.57. The second-order valence-corrected chi connectivity index (χ2v) is 5.38. The van der Waals surface area contributed by atoms with Crippen LogP contribution in [0.5, 0.6) is 0 Å². The smallest absolute Gasteiger partial charge is 0.355 e. The van der Waals surface area contributed by atoms with Crippen molar-refractivity contribution < 1.29 is 28.6 Å². The Balaban J connectivity index is 2.14. The van der Waals surface area contributed by atoms with Gasteiger partial charge in [-0.3, -0.25) is 0 Å². The summed E-state index contributed by atoms with van der Waals surface area (Å²) in [5, 5.41) is 0. The summed E-state index contributed by atoms with van der Waals surface area (Å²) in [6.07, 6.45) is 0. The van der Waals surface area contributed by atoms with Crippen molar-refractivity contribution in [2.75, 3.05) is 14.2 Å². The molecule has 1 aromatic carbocycles. The number of hydrogen-bond acceptors (Lipinski definition) is 6. The maximum Gasteiger partial charge on any atom is 0.355 e. The molecule has 7 heteroatoms. The molecule has 0 atom stereocenters. The number of aromatic nitrogens is 1. The predicted octanol–water partition coefficient (Wildman–Crippen LogP) is 2.56. The fraction of sp³-hybridized carbons (Fsp3) is 0.278. The number of nitrogens with one attached hydrogen (secondary N) is 1. The molecule has 0 saturated carbocycles. The summed E-state index contributed by atoms with van der Waals surface area (Å²) in [6, 6.07) is 6.60. The summed E-state index contributed by atoms with van der Waals surface area (Å²) >= 11 is 0. The number of esters is 3. The Morgan fingerprint density at radius 3 is 2.32 bits per heavy atom. The second kappa shape index (κ2) is 7.65. The van der Waals surface area contributed by atoms with E-state index in [1.165, 1.54) is 14.2 Å². The number of hydrogen-bond donors (Lipinski definition) is 1. The van der Waals surface area contributed by atoms with Gasteiger partial charge in [-0.1, -0.05) is 12.1 Å². The topological polar surface area (TPSA) is 94.7 Å². The maximum absolute atomic E-state index is 12.3. The zero-order valence-corrected chi connectivity index (χ0v) is 14.5. The van der Waals surface area contributed by atoms with Crippen LogP contribution in [-0.4, -0.2) is 37.1 Å². The van der Waals surface area contributed by atoms with E-state index in [0.29, 0.717) is 27.9 Å². The Morgan fingerprint density at radius 1 is 1.00 bits per heavy atom. The molecule has 0 unspecified atom stereocenters. The average Bonchev–Trinajstić information content (AvgIpc) is 2.93. The van der Waals surface area contributed by atoms with Crippen molar-refractivity contribution in [3.63, 3.8) is 0 Å². The summed E-state index contributed by atoms with van der Waals surface area (Å²) in [5.74, 6) is -1.58. The van der Waals surface area contributed by atoms with Crippen molar-refractivity contribution in [1.82, 2.24) is 4.98 Å². The van der Waals surface area contributed by atoms with Gasteiger partial charge in [0.05, 0.1) is 25.3 Å². The van der Waals surface area contributed by atoms with Gasteiger partial charge in [0.15, 0.2) is 0 Å². The second-order valence-electron chi connectivity index (χ2n) is 5.38. The quantitative estimate of drug-likeness (QED) is 0.661. The van der Waals surface area contributed by atoms with Crippen molar-refractivity contribution in [2.45, 2.75) is 20.5 Å². The molecule has 0 bridgehead atoms. The van der Waals surface area contributed by atoms with Crippen molar-refractivity contribution in [2.24, 2.45) is 0 Å². The molecule has 0 amide bonds. The van der Waals surface area contributed by atoms with E-state index in [-0.39, 0.29) is 12.3 Å². The third-order valence-corrected chi connectivity index (χ3v) is 3.75. The molecule has 1 N–H and O–H groups in total. The maximum atomic E-state index is 12.3. The SMILES string of the molecule is COC(=O)c1cccc(COC(=O)c2[nH]c(C)c(C(=O)OC)c2C)c1. The van der Waals surface area contributed by atoms with E-state index in [2.05, 4.69) is 9.72 Å². The third kappa shape index (κ3) is 3.88. The summed E-state index contributed by atoms with van der Waals surface area (Å²) < 4.78 is 14.6. The third-order valence-electron chi connectivity index (χ3n) is 3.75. The normalized spacial score (nSPS) is 10.2. The van der Waals surface area contributed by atoms with Gasteiger partial charge in [0, 0.05) is 5.69 Å². The van der Waals surface area contributed by atoms with E-state index < -0.39 is 17.9 Å². The van der Waals surface area contributed by atoms with E-state index >= 15 is 0 Å². The van der Waals surface area contributed by atoms with Gasteiger partial charge in [-0.25, -0.2) is 14.4 Å². The van der Waals surface area contributed by atoms with Crippen LogP contribution in [-0.2, 0) is 20.8 Å². The van der Waals surface area contributed by atoms with Crippen LogP contribution in [0.15, 0.2) is 24.3 Å². The number of methoxy groups -OCH3 is 2. The highest BCUT2D eigenvalue weighted by molar-refractivity contribution is 5.98. The van der Waals surface area contributed by atoms with Gasteiger partial charge in [0.25, 0.3) is 0 Å². The van der Waals surface area contributed by atoms with Crippen molar-refractivity contribution in [3.8, 4) is 0 Å². The molecule has 0 aliphatic carbocycles. The van der Waals surface area contributed by atoms with Gasteiger partial charge in [-0.05, 0) is 37.1 Å². The molecule has 0 fully saturated rings. The molecule has 7 nitrogen and oxygen atoms in total. The molecule has 0 aliphatic rings. The van der Waals surface area contributed by atoms with Crippen LogP contribution < -0.4 is 0 Å². The van der Waals surface area contributed by atoms with E-state index in [4.69, 9.17) is 9.47 Å². The van der Waals surface area contributed by atoms with E-state index in [1.807, 2.05) is 0 Å². The lowest BCUT2D eigenvalue weighted by atomic mass is 10.1. The van der Waals surface area contributed by atoms with Crippen molar-refractivity contribution in [1.29, 1.82) is 0 Å². The minimum absolute atomic E-state index is 0.0191. The Morgan fingerprint density at radius 2 is 1.68 bits per heavy atom. The lowest BCUT2D eigenvalue weighted by Gasteiger charge is -2.06. The van der Waals surface area contributed by atoms with Crippen LogP contribution in [0.3, 0.4) is 0 Å². The van der Waals surface area contributed by atoms with Crippen LogP contribution in [0.2, 0.25) is 0 Å². The number of aryl methyl sites for hydroxylation is 1. The first-order valence-electron chi connectivity index (χ1n) is 7.50. The predicted molar refractivity (Wildman–Crippen MR) is 88.5 cm³/mol. The molecule has 132 valence electrons. The monoisotopic (exact) mass is 345 g/mol. The Hall–Kier alpha value is -3.09. The van der Waals surface area contributed by atoms with Gasteiger partial charge >= 0.3 is 17.9 Å². The summed E-state index contributed by atoms with van der Waals surface area (Å²) in [6.45, 7) is 3.30. The molecule has 2 aromatic rings. The molecular formula is C18H19NO6. The molecule has 1 aromatic heterocycles. The minimum atomic E-state index is -0.598. The van der Waals surface area contributed by atoms with Gasteiger partial charge in [-0.2, -0.15) is 0 Å². The number of ether oxygens (including phenoxy) is 3. The first-order valence-corrected chi connectivity index (χ1v) is 7.50. The molecule has 0 spiro atoms. The minimum Gasteiger partial charge on any atom is -0.465 e. The first-order chi connectivity index (χ1) is 11.9. The lowest BCUT2D eigenvalue weighted by molar-refractivity contribution is 0.0465. The fourth-order valence-electron chi connectivity index (χ4n) is 2.49. The number of aromatic amines is 1. The fourth-order valence-corrected chi connectivity index (χ4v) is 2.49. The van der Waals surface area contributed by atoms with E-state index in [1.54, 1.807) is 38.1 Å². The van der Waals surface area contributed by atoms with Gasteiger partial charge < -0.3 is 19.2 Å². The molecular weight excluding hydrogens is 326 g/mol.